The fourth-order valence-electron chi connectivity index (χ4n) is 2.32. The van der Waals surface area contributed by atoms with Crippen LogP contribution in [0.5, 0.6) is 0 Å². The first-order chi connectivity index (χ1) is 11.2. The fourth-order valence-corrected chi connectivity index (χ4v) is 3.43. The Kier molecular flexibility index (Phi) is 3.43. The molecular formula is C14H10N6OS2. The van der Waals surface area contributed by atoms with Crippen LogP contribution in [0, 0.1) is 0 Å². The van der Waals surface area contributed by atoms with Crippen molar-refractivity contribution >= 4 is 55.5 Å². The van der Waals surface area contributed by atoms with Crippen LogP contribution < -0.4 is 5.32 Å². The summed E-state index contributed by atoms with van der Waals surface area (Å²) in [6, 6.07) is 7.90. The standard InChI is InChI=1S/C14H10N6OS2/c1-20-9-5-3-2-4-8(9)10-11(20)16-13(19-18-10)23-14(21)17-12-15-6-7-22-12/h2-7H,1H3,(H,15,17,21). The van der Waals surface area contributed by atoms with Crippen LogP contribution in [-0.4, -0.2) is 30.0 Å². The number of anilines is 1. The molecule has 0 atom stereocenters. The maximum atomic E-state index is 12.0. The van der Waals surface area contributed by atoms with Gasteiger partial charge in [-0.2, -0.15) is 0 Å². The van der Waals surface area contributed by atoms with Crippen LogP contribution in [0.25, 0.3) is 22.1 Å². The van der Waals surface area contributed by atoms with E-state index in [-0.39, 0.29) is 5.24 Å². The van der Waals surface area contributed by atoms with Gasteiger partial charge in [0, 0.05) is 35.8 Å². The van der Waals surface area contributed by atoms with Gasteiger partial charge in [-0.3, -0.25) is 10.1 Å². The first-order valence-electron chi connectivity index (χ1n) is 6.68. The summed E-state index contributed by atoms with van der Waals surface area (Å²) in [6.07, 6.45) is 1.63. The maximum absolute atomic E-state index is 12.0. The van der Waals surface area contributed by atoms with Crippen molar-refractivity contribution in [2.75, 3.05) is 5.32 Å². The molecule has 4 aromatic rings. The van der Waals surface area contributed by atoms with Crippen molar-refractivity contribution in [3.8, 4) is 0 Å². The maximum Gasteiger partial charge on any atom is 0.293 e. The van der Waals surface area contributed by atoms with Crippen molar-refractivity contribution in [3.63, 3.8) is 0 Å². The largest absolute Gasteiger partial charge is 0.327 e. The number of amides is 1. The molecular weight excluding hydrogens is 332 g/mol. The molecule has 0 bridgehead atoms. The topological polar surface area (TPSA) is 85.6 Å². The lowest BCUT2D eigenvalue weighted by atomic mass is 10.2. The molecule has 114 valence electrons. The van der Waals surface area contributed by atoms with Gasteiger partial charge in [0.15, 0.2) is 10.8 Å². The molecule has 1 amide bonds. The number of carbonyl (C=O) groups excluding carboxylic acids is 1. The molecule has 1 N–H and O–H groups in total. The van der Waals surface area contributed by atoms with Gasteiger partial charge in [0.1, 0.15) is 5.52 Å². The Morgan fingerprint density at radius 1 is 1.30 bits per heavy atom. The van der Waals surface area contributed by atoms with Gasteiger partial charge < -0.3 is 4.57 Å². The number of aromatic nitrogens is 5. The number of para-hydroxylation sites is 1. The molecule has 0 aliphatic heterocycles. The van der Waals surface area contributed by atoms with Crippen LogP contribution in [0.2, 0.25) is 0 Å². The zero-order chi connectivity index (χ0) is 15.8. The van der Waals surface area contributed by atoms with Crippen molar-refractivity contribution in [2.24, 2.45) is 7.05 Å². The number of nitrogens with zero attached hydrogens (tertiary/aromatic N) is 5. The van der Waals surface area contributed by atoms with Crippen LogP contribution in [0.15, 0.2) is 41.0 Å². The molecule has 0 saturated heterocycles. The first kappa shape index (κ1) is 14.1. The van der Waals surface area contributed by atoms with Crippen LogP contribution in [0.4, 0.5) is 9.93 Å². The summed E-state index contributed by atoms with van der Waals surface area (Å²) >= 11 is 2.25. The van der Waals surface area contributed by atoms with Crippen LogP contribution >= 0.6 is 23.1 Å². The Hall–Kier alpha value is -2.52. The molecule has 0 radical (unpaired) electrons. The molecule has 3 aromatic heterocycles. The Bertz CT molecular complexity index is 1010. The predicted molar refractivity (Wildman–Crippen MR) is 90.8 cm³/mol. The van der Waals surface area contributed by atoms with Gasteiger partial charge >= 0.3 is 0 Å². The summed E-state index contributed by atoms with van der Waals surface area (Å²) in [6.45, 7) is 0. The number of fused-ring (bicyclic) bond motifs is 3. The normalized spacial score (nSPS) is 11.2. The fraction of sp³-hybridized carbons (Fsp3) is 0.0714. The molecule has 0 aliphatic carbocycles. The number of thioether (sulfide) groups is 1. The van der Waals surface area contributed by atoms with E-state index in [1.807, 2.05) is 35.9 Å². The molecule has 4 rings (SSSR count). The minimum atomic E-state index is -0.292. The molecule has 0 fully saturated rings. The van der Waals surface area contributed by atoms with Crippen molar-refractivity contribution in [1.82, 2.24) is 24.7 Å². The number of benzene rings is 1. The van der Waals surface area contributed by atoms with E-state index in [4.69, 9.17) is 0 Å². The second kappa shape index (κ2) is 5.60. The van der Waals surface area contributed by atoms with E-state index in [9.17, 15) is 4.79 Å². The van der Waals surface area contributed by atoms with Crippen LogP contribution in [0.1, 0.15) is 0 Å². The zero-order valence-corrected chi connectivity index (χ0v) is 13.6. The molecule has 23 heavy (non-hydrogen) atoms. The number of nitrogens with one attached hydrogen (secondary N) is 1. The van der Waals surface area contributed by atoms with Crippen molar-refractivity contribution in [3.05, 3.63) is 35.8 Å². The quantitative estimate of drug-likeness (QED) is 0.563. The lowest BCUT2D eigenvalue weighted by molar-refractivity contribution is 0.269. The van der Waals surface area contributed by atoms with E-state index in [1.165, 1.54) is 11.3 Å². The van der Waals surface area contributed by atoms with Crippen molar-refractivity contribution in [1.29, 1.82) is 0 Å². The highest BCUT2D eigenvalue weighted by molar-refractivity contribution is 8.13. The third-order valence-electron chi connectivity index (χ3n) is 3.31. The summed E-state index contributed by atoms with van der Waals surface area (Å²) in [7, 11) is 1.92. The second-order valence-electron chi connectivity index (χ2n) is 4.69. The number of aryl methyl sites for hydroxylation is 1. The predicted octanol–water partition coefficient (Wildman–Crippen LogP) is 3.30. The van der Waals surface area contributed by atoms with Gasteiger partial charge in [0.2, 0.25) is 5.16 Å². The van der Waals surface area contributed by atoms with Gasteiger partial charge in [-0.05, 0) is 6.07 Å². The third kappa shape index (κ3) is 2.53. The van der Waals surface area contributed by atoms with Gasteiger partial charge in [-0.25, -0.2) is 9.97 Å². The summed E-state index contributed by atoms with van der Waals surface area (Å²) in [5, 5.41) is 14.3. The molecule has 0 saturated carbocycles. The Morgan fingerprint density at radius 2 is 2.17 bits per heavy atom. The van der Waals surface area contributed by atoms with Gasteiger partial charge in [0.05, 0.1) is 5.52 Å². The number of hydrogen-bond acceptors (Lipinski definition) is 7. The number of hydrogen-bond donors (Lipinski definition) is 1. The third-order valence-corrected chi connectivity index (χ3v) is 4.64. The molecule has 0 spiro atoms. The molecule has 0 unspecified atom stereocenters. The minimum Gasteiger partial charge on any atom is -0.327 e. The van der Waals surface area contributed by atoms with Crippen molar-refractivity contribution < 1.29 is 4.79 Å². The molecule has 0 aliphatic rings. The highest BCUT2D eigenvalue weighted by Gasteiger charge is 2.15. The summed E-state index contributed by atoms with van der Waals surface area (Å²) in [5.74, 6) is 0. The van der Waals surface area contributed by atoms with Gasteiger partial charge in [0.25, 0.3) is 5.24 Å². The van der Waals surface area contributed by atoms with E-state index in [0.717, 1.165) is 28.2 Å². The number of carbonyl (C=O) groups is 1. The van der Waals surface area contributed by atoms with Crippen LogP contribution in [-0.2, 0) is 7.05 Å². The van der Waals surface area contributed by atoms with Gasteiger partial charge in [-0.1, -0.05) is 18.2 Å². The summed E-state index contributed by atoms with van der Waals surface area (Å²) in [5.41, 5.74) is 2.46. The van der Waals surface area contributed by atoms with E-state index >= 15 is 0 Å². The second-order valence-corrected chi connectivity index (χ2v) is 6.53. The average Bonchev–Trinajstić information content (AvgIpc) is 3.15. The highest BCUT2D eigenvalue weighted by Crippen LogP contribution is 2.26. The van der Waals surface area contributed by atoms with Crippen molar-refractivity contribution in [2.45, 2.75) is 5.16 Å². The molecule has 7 nitrogen and oxygen atoms in total. The molecule has 3 heterocycles. The Labute approximate surface area is 138 Å². The summed E-state index contributed by atoms with van der Waals surface area (Å²) in [4.78, 5) is 20.4. The minimum absolute atomic E-state index is 0.292. The van der Waals surface area contributed by atoms with E-state index in [2.05, 4.69) is 25.5 Å². The summed E-state index contributed by atoms with van der Waals surface area (Å²) < 4.78 is 1.95. The number of rotatable bonds is 2. The Morgan fingerprint density at radius 3 is 3.00 bits per heavy atom. The van der Waals surface area contributed by atoms with E-state index in [0.29, 0.717) is 15.9 Å². The average molecular weight is 342 g/mol. The Balaban J connectivity index is 1.67. The highest BCUT2D eigenvalue weighted by atomic mass is 32.2. The van der Waals surface area contributed by atoms with E-state index < -0.39 is 0 Å². The first-order valence-corrected chi connectivity index (χ1v) is 8.38. The van der Waals surface area contributed by atoms with E-state index in [1.54, 1.807) is 11.6 Å². The monoisotopic (exact) mass is 342 g/mol. The lowest BCUT2D eigenvalue weighted by Gasteiger charge is -2.00. The van der Waals surface area contributed by atoms with Crippen LogP contribution in [0.3, 0.4) is 0 Å². The smallest absolute Gasteiger partial charge is 0.293 e. The molecule has 1 aromatic carbocycles. The zero-order valence-electron chi connectivity index (χ0n) is 11.9. The lowest BCUT2D eigenvalue weighted by Crippen LogP contribution is -2.06. The number of thiazole rings is 1. The SMILES string of the molecule is Cn1c2ccccc2c2nnc(SC(=O)Nc3nccs3)nc21. The van der Waals surface area contributed by atoms with Gasteiger partial charge in [-0.15, -0.1) is 21.5 Å². The molecule has 9 heteroatoms.